The van der Waals surface area contributed by atoms with Gasteiger partial charge < -0.3 is 23.9 Å². The first-order valence-corrected chi connectivity index (χ1v) is 9.19. The van der Waals surface area contributed by atoms with Crippen molar-refractivity contribution in [1.29, 1.82) is 0 Å². The summed E-state index contributed by atoms with van der Waals surface area (Å²) >= 11 is 0. The number of methoxy groups -OCH3 is 1. The molecule has 3 atom stereocenters. The fourth-order valence-corrected chi connectivity index (χ4v) is 4.46. The van der Waals surface area contributed by atoms with Crippen molar-refractivity contribution < 1.29 is 19.4 Å². The lowest BCUT2D eigenvalue weighted by atomic mass is 9.79. The van der Waals surface area contributed by atoms with E-state index in [4.69, 9.17) is 14.6 Å². The molecule has 0 bridgehead atoms. The number of pyridine rings is 1. The summed E-state index contributed by atoms with van der Waals surface area (Å²) in [7, 11) is 1.74. The van der Waals surface area contributed by atoms with Crippen LogP contribution in [0.3, 0.4) is 0 Å². The van der Waals surface area contributed by atoms with Gasteiger partial charge in [-0.3, -0.25) is 4.79 Å². The number of aliphatic hydroxyl groups excluding tert-OH is 1. The third-order valence-electron chi connectivity index (χ3n) is 5.83. The van der Waals surface area contributed by atoms with Gasteiger partial charge in [-0.15, -0.1) is 0 Å². The smallest absolute Gasteiger partial charge is 0.274 e. The largest absolute Gasteiger partial charge is 0.394 e. The molecular formula is C19H25N3O4. The van der Waals surface area contributed by atoms with Gasteiger partial charge in [-0.1, -0.05) is 6.07 Å². The Labute approximate surface area is 152 Å². The van der Waals surface area contributed by atoms with Gasteiger partial charge in [-0.05, 0) is 37.8 Å². The van der Waals surface area contributed by atoms with Gasteiger partial charge >= 0.3 is 0 Å². The van der Waals surface area contributed by atoms with E-state index in [0.29, 0.717) is 18.8 Å². The minimum Gasteiger partial charge on any atom is -0.394 e. The number of ether oxygens (including phenoxy) is 2. The predicted molar refractivity (Wildman–Crippen MR) is 95.1 cm³/mol. The number of aromatic nitrogens is 2. The van der Waals surface area contributed by atoms with E-state index in [0.717, 1.165) is 31.3 Å². The van der Waals surface area contributed by atoms with Crippen LogP contribution in [0, 0.1) is 0 Å². The second kappa shape index (κ2) is 6.98. The molecule has 0 radical (unpaired) electrons. The number of likely N-dealkylation sites (tertiary alicyclic amines) is 1. The number of aliphatic hydroxyl groups is 1. The highest BCUT2D eigenvalue weighted by atomic mass is 16.5. The minimum atomic E-state index is -0.298. The highest BCUT2D eigenvalue weighted by Gasteiger charge is 2.53. The molecule has 7 nitrogen and oxygen atoms in total. The van der Waals surface area contributed by atoms with Crippen molar-refractivity contribution >= 4 is 11.6 Å². The summed E-state index contributed by atoms with van der Waals surface area (Å²) in [6.45, 7) is 1.01. The quantitative estimate of drug-likeness (QED) is 0.875. The summed E-state index contributed by atoms with van der Waals surface area (Å²) in [6.07, 6.45) is 7.03. The summed E-state index contributed by atoms with van der Waals surface area (Å²) < 4.78 is 13.5. The fraction of sp³-hybridized carbons (Fsp3) is 0.579. The minimum absolute atomic E-state index is 0.0144. The number of hydrogen-bond donors (Lipinski definition) is 1. The maximum Gasteiger partial charge on any atom is 0.274 e. The zero-order chi connectivity index (χ0) is 18.1. The van der Waals surface area contributed by atoms with Crippen molar-refractivity contribution in [2.24, 2.45) is 0 Å². The predicted octanol–water partition coefficient (Wildman–Crippen LogP) is 1.50. The Morgan fingerprint density at radius 3 is 3.08 bits per heavy atom. The molecule has 26 heavy (non-hydrogen) atoms. The van der Waals surface area contributed by atoms with Crippen LogP contribution in [0.25, 0.3) is 5.65 Å². The van der Waals surface area contributed by atoms with Crippen molar-refractivity contribution in [3.63, 3.8) is 0 Å². The van der Waals surface area contributed by atoms with E-state index in [1.165, 1.54) is 0 Å². The summed E-state index contributed by atoms with van der Waals surface area (Å²) in [6, 6.07) is 5.69. The van der Waals surface area contributed by atoms with Crippen molar-refractivity contribution in [3.8, 4) is 0 Å². The molecule has 1 aliphatic heterocycles. The summed E-state index contributed by atoms with van der Waals surface area (Å²) in [4.78, 5) is 19.5. The van der Waals surface area contributed by atoms with Gasteiger partial charge in [-0.25, -0.2) is 4.98 Å². The van der Waals surface area contributed by atoms with E-state index >= 15 is 0 Å². The monoisotopic (exact) mass is 359 g/mol. The number of fused-ring (bicyclic) bond motifs is 2. The lowest BCUT2D eigenvalue weighted by Crippen LogP contribution is -2.53. The second-order valence-electron chi connectivity index (χ2n) is 7.12. The molecule has 1 amide bonds. The molecule has 2 aliphatic rings. The molecule has 1 aliphatic carbocycles. The van der Waals surface area contributed by atoms with Crippen molar-refractivity contribution in [2.45, 2.75) is 43.4 Å². The molecule has 0 unspecified atom stereocenters. The summed E-state index contributed by atoms with van der Waals surface area (Å²) in [5.74, 6) is -0.0552. The number of nitrogens with zero attached hydrogens (tertiary/aromatic N) is 3. The number of carbonyl (C=O) groups is 1. The van der Waals surface area contributed by atoms with Crippen LogP contribution in [0.15, 0.2) is 30.6 Å². The van der Waals surface area contributed by atoms with Crippen LogP contribution in [0.1, 0.15) is 36.2 Å². The average Bonchev–Trinajstić information content (AvgIpc) is 3.27. The topological polar surface area (TPSA) is 76.3 Å². The Balaban J connectivity index is 1.57. The van der Waals surface area contributed by atoms with Crippen LogP contribution in [-0.4, -0.2) is 69.9 Å². The molecular weight excluding hydrogens is 334 g/mol. The molecule has 3 heterocycles. The molecule has 1 saturated heterocycles. The van der Waals surface area contributed by atoms with Crippen LogP contribution >= 0.6 is 0 Å². The first-order chi connectivity index (χ1) is 12.7. The van der Waals surface area contributed by atoms with E-state index < -0.39 is 0 Å². The Morgan fingerprint density at radius 1 is 1.42 bits per heavy atom. The van der Waals surface area contributed by atoms with Crippen LogP contribution in [0.4, 0.5) is 0 Å². The first kappa shape index (κ1) is 17.5. The van der Waals surface area contributed by atoms with E-state index in [1.54, 1.807) is 13.3 Å². The second-order valence-corrected chi connectivity index (χ2v) is 7.12. The molecule has 2 aromatic heterocycles. The number of carbonyl (C=O) groups excluding carboxylic acids is 1. The third-order valence-corrected chi connectivity index (χ3v) is 5.83. The lowest BCUT2D eigenvalue weighted by Gasteiger charge is -2.43. The maximum atomic E-state index is 13.2. The Kier molecular flexibility index (Phi) is 4.69. The highest BCUT2D eigenvalue weighted by molar-refractivity contribution is 5.93. The summed E-state index contributed by atoms with van der Waals surface area (Å²) in [5, 5.41) is 9.01. The molecule has 0 aromatic carbocycles. The van der Waals surface area contributed by atoms with E-state index in [-0.39, 0.29) is 30.3 Å². The van der Waals surface area contributed by atoms with Crippen LogP contribution in [0.2, 0.25) is 0 Å². The van der Waals surface area contributed by atoms with Gasteiger partial charge in [-0.2, -0.15) is 0 Å². The Bertz CT molecular complexity index is 759. The van der Waals surface area contributed by atoms with E-state index in [2.05, 4.69) is 4.98 Å². The van der Waals surface area contributed by atoms with Crippen molar-refractivity contribution in [2.75, 3.05) is 26.9 Å². The Morgan fingerprint density at radius 2 is 2.31 bits per heavy atom. The molecule has 2 aromatic rings. The molecule has 1 N–H and O–H groups in total. The van der Waals surface area contributed by atoms with Crippen molar-refractivity contribution in [3.05, 3.63) is 36.3 Å². The molecule has 140 valence electrons. The van der Waals surface area contributed by atoms with Gasteiger partial charge in [0.1, 0.15) is 11.3 Å². The van der Waals surface area contributed by atoms with Crippen molar-refractivity contribution in [1.82, 2.24) is 14.3 Å². The van der Waals surface area contributed by atoms with Crippen LogP contribution in [0.5, 0.6) is 0 Å². The first-order valence-electron chi connectivity index (χ1n) is 9.19. The maximum absolute atomic E-state index is 13.2. The SMILES string of the molecule is CO[C@@]12CC[C@@H](OCCO)C[C@@H]1N(C(=O)c1cn3ccccc3n1)CC2. The van der Waals surface area contributed by atoms with Gasteiger partial charge in [0.25, 0.3) is 5.91 Å². The summed E-state index contributed by atoms with van der Waals surface area (Å²) in [5.41, 5.74) is 0.927. The lowest BCUT2D eigenvalue weighted by molar-refractivity contribution is -0.0992. The van der Waals surface area contributed by atoms with Crippen LogP contribution in [-0.2, 0) is 9.47 Å². The molecule has 1 saturated carbocycles. The molecule has 0 spiro atoms. The molecule has 2 fully saturated rings. The van der Waals surface area contributed by atoms with E-state index in [9.17, 15) is 4.79 Å². The number of hydrogen-bond acceptors (Lipinski definition) is 5. The Hall–Kier alpha value is -1.96. The number of rotatable bonds is 5. The average molecular weight is 359 g/mol. The standard InChI is InChI=1S/C19H25N3O4/c1-25-19-6-5-14(26-11-10-23)12-16(19)22(9-7-19)18(24)15-13-21-8-3-2-4-17(21)20-15/h2-4,8,13-14,16,23H,5-7,9-12H2,1H3/t14-,16+,19-/m1/s1. The van der Waals surface area contributed by atoms with E-state index in [1.807, 2.05) is 33.7 Å². The van der Waals surface area contributed by atoms with Gasteiger partial charge in [0, 0.05) is 26.0 Å². The molecule has 4 rings (SSSR count). The van der Waals surface area contributed by atoms with Crippen LogP contribution < -0.4 is 0 Å². The zero-order valence-corrected chi connectivity index (χ0v) is 15.0. The van der Waals surface area contributed by atoms with Gasteiger partial charge in [0.2, 0.25) is 0 Å². The fourth-order valence-electron chi connectivity index (χ4n) is 4.46. The third kappa shape index (κ3) is 2.90. The highest BCUT2D eigenvalue weighted by Crippen LogP contribution is 2.43. The molecule has 7 heteroatoms. The van der Waals surface area contributed by atoms with Gasteiger partial charge in [0.05, 0.1) is 31.0 Å². The van der Waals surface area contributed by atoms with Gasteiger partial charge in [0.15, 0.2) is 0 Å². The number of amides is 1. The zero-order valence-electron chi connectivity index (χ0n) is 15.0. The normalized spacial score (nSPS) is 28.5. The number of imidazole rings is 1.